The molecule has 0 aliphatic rings. The maximum atomic E-state index is 5.99. The van der Waals surface area contributed by atoms with Crippen LogP contribution in [0.2, 0.25) is 10.0 Å². The minimum Gasteiger partial charge on any atom is -0.371 e. The quantitative estimate of drug-likeness (QED) is 0.845. The maximum Gasteiger partial charge on any atom is 0.0742 e. The van der Waals surface area contributed by atoms with Gasteiger partial charge in [-0.3, -0.25) is 0 Å². The highest BCUT2D eigenvalue weighted by Gasteiger charge is 2.08. The maximum absolute atomic E-state index is 5.99. The number of rotatable bonds is 3. The number of hydrogen-bond donors (Lipinski definition) is 1. The second-order valence-electron chi connectivity index (χ2n) is 2.78. The first-order chi connectivity index (χ1) is 6.16. The fourth-order valence-electron chi connectivity index (χ4n) is 1.16. The summed E-state index contributed by atoms with van der Waals surface area (Å²) in [7, 11) is 1.92. The van der Waals surface area contributed by atoms with Gasteiger partial charge in [-0.2, -0.15) is 0 Å². The second kappa shape index (κ2) is 4.70. The second-order valence-corrected chi connectivity index (χ2v) is 3.59. The first-order valence-electron chi connectivity index (χ1n) is 4.02. The molecule has 4 heteroatoms. The first kappa shape index (κ1) is 10.6. The lowest BCUT2D eigenvalue weighted by molar-refractivity contribution is 0.886. The molecular weight excluding hydrogens is 207 g/mol. The summed E-state index contributed by atoms with van der Waals surface area (Å²) in [6.07, 6.45) is 0. The summed E-state index contributed by atoms with van der Waals surface area (Å²) in [6, 6.07) is 5.45. The van der Waals surface area contributed by atoms with Crippen molar-refractivity contribution in [2.75, 3.05) is 25.0 Å². The van der Waals surface area contributed by atoms with Gasteiger partial charge in [-0.05, 0) is 12.1 Å². The molecule has 2 N–H and O–H groups in total. The van der Waals surface area contributed by atoms with E-state index in [9.17, 15) is 0 Å². The molecule has 0 aliphatic carbocycles. The summed E-state index contributed by atoms with van der Waals surface area (Å²) in [5, 5.41) is 1.31. The molecule has 0 amide bonds. The van der Waals surface area contributed by atoms with Crippen LogP contribution in [0.25, 0.3) is 0 Å². The summed E-state index contributed by atoms with van der Waals surface area (Å²) >= 11 is 12.0. The van der Waals surface area contributed by atoms with Gasteiger partial charge >= 0.3 is 0 Å². The average molecular weight is 219 g/mol. The van der Waals surface area contributed by atoms with Crippen molar-refractivity contribution in [2.45, 2.75) is 0 Å². The van der Waals surface area contributed by atoms with Crippen molar-refractivity contribution in [3.63, 3.8) is 0 Å². The molecule has 0 heterocycles. The number of nitrogens with zero attached hydrogens (tertiary/aromatic N) is 1. The Morgan fingerprint density at radius 1 is 1.31 bits per heavy atom. The van der Waals surface area contributed by atoms with Gasteiger partial charge < -0.3 is 10.6 Å². The van der Waals surface area contributed by atoms with Crippen LogP contribution in [0.4, 0.5) is 5.69 Å². The lowest BCUT2D eigenvalue weighted by atomic mass is 10.3. The van der Waals surface area contributed by atoms with Crippen molar-refractivity contribution in [2.24, 2.45) is 5.73 Å². The van der Waals surface area contributed by atoms with E-state index in [0.717, 1.165) is 12.2 Å². The molecular formula is C9H12Cl2N2. The van der Waals surface area contributed by atoms with E-state index in [0.29, 0.717) is 16.6 Å². The molecule has 0 aliphatic heterocycles. The van der Waals surface area contributed by atoms with Gasteiger partial charge in [-0.1, -0.05) is 29.3 Å². The lowest BCUT2D eigenvalue weighted by Crippen LogP contribution is -2.25. The van der Waals surface area contributed by atoms with E-state index in [1.807, 2.05) is 30.1 Å². The third-order valence-electron chi connectivity index (χ3n) is 1.78. The van der Waals surface area contributed by atoms with E-state index in [4.69, 9.17) is 28.9 Å². The summed E-state index contributed by atoms with van der Waals surface area (Å²) in [5.74, 6) is 0. The van der Waals surface area contributed by atoms with Crippen LogP contribution >= 0.6 is 23.2 Å². The summed E-state index contributed by atoms with van der Waals surface area (Å²) in [5.41, 5.74) is 6.28. The number of likely N-dealkylation sites (N-methyl/N-ethyl adjacent to an activating group) is 1. The van der Waals surface area contributed by atoms with Gasteiger partial charge in [0, 0.05) is 20.1 Å². The number of para-hydroxylation sites is 1. The lowest BCUT2D eigenvalue weighted by Gasteiger charge is -2.20. The molecule has 2 nitrogen and oxygen atoms in total. The predicted octanol–water partition coefficient (Wildman–Crippen LogP) is 2.39. The summed E-state index contributed by atoms with van der Waals surface area (Å²) in [4.78, 5) is 1.95. The molecule has 0 spiro atoms. The van der Waals surface area contributed by atoms with Gasteiger partial charge in [0.1, 0.15) is 0 Å². The normalized spacial score (nSPS) is 10.2. The smallest absolute Gasteiger partial charge is 0.0742 e. The highest BCUT2D eigenvalue weighted by Crippen LogP contribution is 2.32. The molecule has 0 atom stereocenters. The Kier molecular flexibility index (Phi) is 3.85. The van der Waals surface area contributed by atoms with Gasteiger partial charge in [-0.25, -0.2) is 0 Å². The Labute approximate surface area is 88.2 Å². The van der Waals surface area contributed by atoms with Crippen molar-refractivity contribution in [3.05, 3.63) is 28.2 Å². The molecule has 1 aromatic carbocycles. The number of benzene rings is 1. The van der Waals surface area contributed by atoms with E-state index in [-0.39, 0.29) is 0 Å². The molecule has 72 valence electrons. The first-order valence-corrected chi connectivity index (χ1v) is 4.77. The zero-order valence-electron chi connectivity index (χ0n) is 7.43. The predicted molar refractivity (Wildman–Crippen MR) is 58.8 cm³/mol. The Morgan fingerprint density at radius 3 is 2.31 bits per heavy atom. The highest BCUT2D eigenvalue weighted by molar-refractivity contribution is 6.39. The van der Waals surface area contributed by atoms with Crippen LogP contribution in [0.15, 0.2) is 18.2 Å². The molecule has 0 unspecified atom stereocenters. The van der Waals surface area contributed by atoms with Gasteiger partial charge in [0.15, 0.2) is 0 Å². The molecule has 0 fully saturated rings. The van der Waals surface area contributed by atoms with Gasteiger partial charge in [0.2, 0.25) is 0 Å². The van der Waals surface area contributed by atoms with Crippen LogP contribution in [-0.4, -0.2) is 20.1 Å². The molecule has 0 bridgehead atoms. The van der Waals surface area contributed by atoms with Crippen LogP contribution in [0, 0.1) is 0 Å². The number of halogens is 2. The zero-order chi connectivity index (χ0) is 9.84. The van der Waals surface area contributed by atoms with E-state index < -0.39 is 0 Å². The van der Waals surface area contributed by atoms with Gasteiger partial charge in [0.25, 0.3) is 0 Å². The fraction of sp³-hybridized carbons (Fsp3) is 0.333. The number of anilines is 1. The molecule has 1 aromatic rings. The molecule has 0 aromatic heterocycles. The zero-order valence-corrected chi connectivity index (χ0v) is 8.94. The minimum atomic E-state index is 0.581. The van der Waals surface area contributed by atoms with Crippen LogP contribution in [-0.2, 0) is 0 Å². The Balaban J connectivity index is 2.98. The number of hydrogen-bond acceptors (Lipinski definition) is 2. The summed E-state index contributed by atoms with van der Waals surface area (Å²) < 4.78 is 0. The van der Waals surface area contributed by atoms with Crippen molar-refractivity contribution in [1.29, 1.82) is 0 Å². The fourth-order valence-corrected chi connectivity index (χ4v) is 1.85. The third kappa shape index (κ3) is 2.50. The standard InChI is InChI=1S/C9H12Cl2N2/c1-13(6-5-12)9-7(10)3-2-4-8(9)11/h2-4H,5-6,12H2,1H3. The highest BCUT2D eigenvalue weighted by atomic mass is 35.5. The van der Waals surface area contributed by atoms with E-state index in [2.05, 4.69) is 0 Å². The molecule has 0 saturated heterocycles. The minimum absolute atomic E-state index is 0.581. The molecule has 0 saturated carbocycles. The Morgan fingerprint density at radius 2 is 1.85 bits per heavy atom. The number of nitrogens with two attached hydrogens (primary N) is 1. The van der Waals surface area contributed by atoms with E-state index in [1.165, 1.54) is 0 Å². The van der Waals surface area contributed by atoms with Crippen molar-refractivity contribution in [1.82, 2.24) is 0 Å². The van der Waals surface area contributed by atoms with Gasteiger partial charge in [-0.15, -0.1) is 0 Å². The topological polar surface area (TPSA) is 29.3 Å². The van der Waals surface area contributed by atoms with Crippen LogP contribution < -0.4 is 10.6 Å². The van der Waals surface area contributed by atoms with E-state index in [1.54, 1.807) is 0 Å². The van der Waals surface area contributed by atoms with Crippen LogP contribution in [0.3, 0.4) is 0 Å². The van der Waals surface area contributed by atoms with Crippen molar-refractivity contribution < 1.29 is 0 Å². The molecule has 0 radical (unpaired) electrons. The average Bonchev–Trinajstić information content (AvgIpc) is 2.04. The Bertz CT molecular complexity index is 269. The van der Waals surface area contributed by atoms with Crippen molar-refractivity contribution >= 4 is 28.9 Å². The largest absolute Gasteiger partial charge is 0.371 e. The van der Waals surface area contributed by atoms with Crippen LogP contribution in [0.1, 0.15) is 0 Å². The third-order valence-corrected chi connectivity index (χ3v) is 2.39. The molecule has 13 heavy (non-hydrogen) atoms. The van der Waals surface area contributed by atoms with Crippen molar-refractivity contribution in [3.8, 4) is 0 Å². The monoisotopic (exact) mass is 218 g/mol. The van der Waals surface area contributed by atoms with Crippen LogP contribution in [0.5, 0.6) is 0 Å². The summed E-state index contributed by atoms with van der Waals surface area (Å²) in [6.45, 7) is 1.32. The SMILES string of the molecule is CN(CCN)c1c(Cl)cccc1Cl. The molecule has 1 rings (SSSR count). The Hall–Kier alpha value is -0.440. The van der Waals surface area contributed by atoms with E-state index >= 15 is 0 Å². The van der Waals surface area contributed by atoms with Gasteiger partial charge in [0.05, 0.1) is 15.7 Å².